The molecule has 3 heteroatoms. The van der Waals surface area contributed by atoms with Crippen LogP contribution in [0.25, 0.3) is 0 Å². The Labute approximate surface area is 124 Å². The molecule has 0 spiro atoms. The van der Waals surface area contributed by atoms with Gasteiger partial charge in [-0.25, -0.2) is 0 Å². The van der Waals surface area contributed by atoms with Crippen molar-refractivity contribution < 1.29 is 4.79 Å². The van der Waals surface area contributed by atoms with E-state index in [0.29, 0.717) is 17.4 Å². The van der Waals surface area contributed by atoms with Crippen molar-refractivity contribution in [1.29, 1.82) is 0 Å². The minimum absolute atomic E-state index is 0.269. The Kier molecular flexibility index (Phi) is 5.48. The van der Waals surface area contributed by atoms with Crippen molar-refractivity contribution in [2.24, 2.45) is 17.3 Å². The monoisotopic (exact) mass is 280 g/mol. The summed E-state index contributed by atoms with van der Waals surface area (Å²) in [7, 11) is 0. The molecule has 1 heterocycles. The zero-order valence-electron chi connectivity index (χ0n) is 13.5. The minimum atomic E-state index is 0.269. The van der Waals surface area contributed by atoms with Gasteiger partial charge in [0.2, 0.25) is 5.91 Å². The van der Waals surface area contributed by atoms with E-state index < -0.39 is 0 Å². The van der Waals surface area contributed by atoms with Crippen molar-refractivity contribution >= 4 is 5.91 Å². The maximum Gasteiger partial charge on any atom is 0.223 e. The van der Waals surface area contributed by atoms with Gasteiger partial charge < -0.3 is 10.6 Å². The van der Waals surface area contributed by atoms with Crippen LogP contribution in [0.2, 0.25) is 0 Å². The molecule has 2 rings (SSSR count). The van der Waals surface area contributed by atoms with Gasteiger partial charge in [0.15, 0.2) is 0 Å². The molecule has 0 aromatic carbocycles. The minimum Gasteiger partial charge on any atom is -0.356 e. The van der Waals surface area contributed by atoms with Gasteiger partial charge in [0.1, 0.15) is 0 Å². The maximum atomic E-state index is 12.2. The Hall–Kier alpha value is -0.570. The summed E-state index contributed by atoms with van der Waals surface area (Å²) in [6.45, 7) is 8.97. The largest absolute Gasteiger partial charge is 0.356 e. The SMILES string of the molecule is CC(C)(C)C1CCC(C(=O)NCC[C@H]2CCCN2)CC1. The molecule has 2 N–H and O–H groups in total. The molecule has 1 aliphatic heterocycles. The van der Waals surface area contributed by atoms with Crippen molar-refractivity contribution in [2.45, 2.75) is 71.8 Å². The highest BCUT2D eigenvalue weighted by molar-refractivity contribution is 5.78. The van der Waals surface area contributed by atoms with E-state index in [1.54, 1.807) is 0 Å². The number of carbonyl (C=O) groups excluding carboxylic acids is 1. The van der Waals surface area contributed by atoms with E-state index in [1.165, 1.54) is 25.7 Å². The van der Waals surface area contributed by atoms with Crippen LogP contribution in [-0.2, 0) is 4.79 Å². The number of hydrogen-bond acceptors (Lipinski definition) is 2. The molecule has 0 aromatic rings. The van der Waals surface area contributed by atoms with Crippen LogP contribution in [0.4, 0.5) is 0 Å². The molecule has 20 heavy (non-hydrogen) atoms. The third-order valence-corrected chi connectivity index (χ3v) is 5.28. The first-order valence-corrected chi connectivity index (χ1v) is 8.48. The van der Waals surface area contributed by atoms with E-state index in [4.69, 9.17) is 0 Å². The smallest absolute Gasteiger partial charge is 0.223 e. The first kappa shape index (κ1) is 15.8. The lowest BCUT2D eigenvalue weighted by Crippen LogP contribution is -2.37. The normalized spacial score (nSPS) is 31.2. The third kappa shape index (κ3) is 4.47. The average Bonchev–Trinajstić information content (AvgIpc) is 2.91. The molecule has 0 unspecified atom stereocenters. The van der Waals surface area contributed by atoms with Gasteiger partial charge in [-0.15, -0.1) is 0 Å². The topological polar surface area (TPSA) is 41.1 Å². The Morgan fingerprint density at radius 3 is 2.40 bits per heavy atom. The molecule has 1 aliphatic carbocycles. The summed E-state index contributed by atoms with van der Waals surface area (Å²) < 4.78 is 0. The Balaban J connectivity index is 1.64. The van der Waals surface area contributed by atoms with Crippen LogP contribution in [0, 0.1) is 17.3 Å². The highest BCUT2D eigenvalue weighted by Gasteiger charge is 2.32. The zero-order chi connectivity index (χ0) is 14.6. The molecule has 0 aromatic heterocycles. The molecular weight excluding hydrogens is 248 g/mol. The predicted octanol–water partition coefficient (Wildman–Crippen LogP) is 3.10. The molecule has 1 saturated carbocycles. The van der Waals surface area contributed by atoms with Crippen molar-refractivity contribution in [3.63, 3.8) is 0 Å². The average molecular weight is 280 g/mol. The first-order valence-electron chi connectivity index (χ1n) is 8.48. The Bertz CT molecular complexity index is 307. The van der Waals surface area contributed by atoms with Crippen LogP contribution in [0.15, 0.2) is 0 Å². The van der Waals surface area contributed by atoms with Crippen LogP contribution in [0.3, 0.4) is 0 Å². The van der Waals surface area contributed by atoms with Crippen molar-refractivity contribution in [2.75, 3.05) is 13.1 Å². The summed E-state index contributed by atoms with van der Waals surface area (Å²) in [5, 5.41) is 6.63. The van der Waals surface area contributed by atoms with E-state index in [-0.39, 0.29) is 5.92 Å². The highest BCUT2D eigenvalue weighted by atomic mass is 16.1. The molecule has 116 valence electrons. The molecule has 3 nitrogen and oxygen atoms in total. The van der Waals surface area contributed by atoms with Crippen LogP contribution < -0.4 is 10.6 Å². The van der Waals surface area contributed by atoms with E-state index in [0.717, 1.165) is 38.3 Å². The zero-order valence-corrected chi connectivity index (χ0v) is 13.5. The molecule has 1 saturated heterocycles. The molecule has 2 fully saturated rings. The van der Waals surface area contributed by atoms with Crippen LogP contribution in [-0.4, -0.2) is 25.0 Å². The molecule has 2 aliphatic rings. The second kappa shape index (κ2) is 6.93. The van der Waals surface area contributed by atoms with Gasteiger partial charge in [0, 0.05) is 18.5 Å². The fraction of sp³-hybridized carbons (Fsp3) is 0.941. The number of amides is 1. The molecular formula is C17H32N2O. The fourth-order valence-corrected chi connectivity index (χ4v) is 3.74. The third-order valence-electron chi connectivity index (χ3n) is 5.28. The van der Waals surface area contributed by atoms with E-state index in [1.807, 2.05) is 0 Å². The summed E-state index contributed by atoms with van der Waals surface area (Å²) >= 11 is 0. The van der Waals surface area contributed by atoms with Crippen LogP contribution >= 0.6 is 0 Å². The Morgan fingerprint density at radius 2 is 1.85 bits per heavy atom. The van der Waals surface area contributed by atoms with Gasteiger partial charge in [-0.3, -0.25) is 4.79 Å². The number of rotatable bonds is 4. The summed E-state index contributed by atoms with van der Waals surface area (Å²) in [4.78, 5) is 12.2. The van der Waals surface area contributed by atoms with Gasteiger partial charge in [0.25, 0.3) is 0 Å². The molecule has 0 radical (unpaired) electrons. The predicted molar refractivity (Wildman–Crippen MR) is 83.6 cm³/mol. The van der Waals surface area contributed by atoms with Gasteiger partial charge >= 0.3 is 0 Å². The number of nitrogens with one attached hydrogen (secondary N) is 2. The van der Waals surface area contributed by atoms with E-state index >= 15 is 0 Å². The van der Waals surface area contributed by atoms with Crippen LogP contribution in [0.5, 0.6) is 0 Å². The van der Waals surface area contributed by atoms with Gasteiger partial charge in [0.05, 0.1) is 0 Å². The second-order valence-electron chi connectivity index (χ2n) is 7.79. The first-order chi connectivity index (χ1) is 9.47. The van der Waals surface area contributed by atoms with Gasteiger partial charge in [-0.1, -0.05) is 20.8 Å². The standard InChI is InChI=1S/C17H32N2O/c1-17(2,3)14-8-6-13(7-9-14)16(20)19-12-10-15-5-4-11-18-15/h13-15,18H,4-12H2,1-3H3,(H,19,20)/t13?,14?,15-/m1/s1. The summed E-state index contributed by atoms with van der Waals surface area (Å²) in [5.41, 5.74) is 0.398. The number of hydrogen-bond donors (Lipinski definition) is 2. The fourth-order valence-electron chi connectivity index (χ4n) is 3.74. The Morgan fingerprint density at radius 1 is 1.15 bits per heavy atom. The maximum absolute atomic E-state index is 12.2. The molecule has 1 atom stereocenters. The van der Waals surface area contributed by atoms with Crippen molar-refractivity contribution in [1.82, 2.24) is 10.6 Å². The highest BCUT2D eigenvalue weighted by Crippen LogP contribution is 2.39. The summed E-state index contributed by atoms with van der Waals surface area (Å²) in [6.07, 6.45) is 8.23. The molecule has 0 bridgehead atoms. The van der Waals surface area contributed by atoms with Crippen LogP contribution in [0.1, 0.15) is 65.7 Å². The summed E-state index contributed by atoms with van der Waals surface area (Å²) in [5.74, 6) is 1.36. The van der Waals surface area contributed by atoms with E-state index in [9.17, 15) is 4.79 Å². The summed E-state index contributed by atoms with van der Waals surface area (Å²) in [6, 6.07) is 0.631. The quantitative estimate of drug-likeness (QED) is 0.831. The van der Waals surface area contributed by atoms with E-state index in [2.05, 4.69) is 31.4 Å². The van der Waals surface area contributed by atoms with Gasteiger partial charge in [-0.2, -0.15) is 0 Å². The number of carbonyl (C=O) groups is 1. The lowest BCUT2D eigenvalue weighted by Gasteiger charge is -2.36. The van der Waals surface area contributed by atoms with Crippen molar-refractivity contribution in [3.05, 3.63) is 0 Å². The lowest BCUT2D eigenvalue weighted by molar-refractivity contribution is -0.126. The molecule has 1 amide bonds. The second-order valence-corrected chi connectivity index (χ2v) is 7.79. The van der Waals surface area contributed by atoms with Crippen molar-refractivity contribution in [3.8, 4) is 0 Å². The van der Waals surface area contributed by atoms with Gasteiger partial charge in [-0.05, 0) is 62.8 Å². The lowest BCUT2D eigenvalue weighted by atomic mass is 9.69.